The van der Waals surface area contributed by atoms with Crippen LogP contribution in [-0.4, -0.2) is 18.0 Å². The number of aliphatic imine (C=N–C) groups is 1. The Balaban J connectivity index is 1.17. The van der Waals surface area contributed by atoms with Crippen molar-refractivity contribution < 1.29 is 9.13 Å². The second-order valence-electron chi connectivity index (χ2n) is 12.7. The van der Waals surface area contributed by atoms with E-state index in [-0.39, 0.29) is 11.4 Å². The van der Waals surface area contributed by atoms with Gasteiger partial charge in [0.25, 0.3) is 0 Å². The van der Waals surface area contributed by atoms with Crippen LogP contribution in [0.3, 0.4) is 0 Å². The van der Waals surface area contributed by atoms with Gasteiger partial charge in [-0.25, -0.2) is 9.38 Å². The zero-order valence-electron chi connectivity index (χ0n) is 23.3. The van der Waals surface area contributed by atoms with Gasteiger partial charge in [-0.15, -0.1) is 0 Å². The number of fused-ring (bicyclic) bond motifs is 1. The highest BCUT2D eigenvalue weighted by Gasteiger charge is 2.36. The number of benzene rings is 2. The lowest BCUT2D eigenvalue weighted by atomic mass is 9.63. The first-order valence-electron chi connectivity index (χ1n) is 15.0. The molecule has 2 nitrogen and oxygen atoms in total. The van der Waals surface area contributed by atoms with E-state index in [2.05, 4.69) is 31.8 Å². The van der Waals surface area contributed by atoms with Gasteiger partial charge < -0.3 is 4.74 Å². The predicted octanol–water partition coefficient (Wildman–Crippen LogP) is 9.71. The molecular formula is C34H46FNO. The average Bonchev–Trinajstić information content (AvgIpc) is 3.28. The fourth-order valence-corrected chi connectivity index (χ4v) is 7.13. The minimum Gasteiger partial charge on any atom is -0.475 e. The second-order valence-corrected chi connectivity index (χ2v) is 12.7. The predicted molar refractivity (Wildman–Crippen MR) is 153 cm³/mol. The molecule has 0 spiro atoms. The van der Waals surface area contributed by atoms with Gasteiger partial charge >= 0.3 is 0 Å². The van der Waals surface area contributed by atoms with Crippen molar-refractivity contribution in [3.05, 3.63) is 59.4 Å². The number of ether oxygens (including phenoxy) is 1. The molecule has 1 aliphatic heterocycles. The third kappa shape index (κ3) is 6.47. The molecule has 3 aliphatic rings. The molecule has 2 fully saturated rings. The van der Waals surface area contributed by atoms with Crippen molar-refractivity contribution in [2.75, 3.05) is 6.61 Å². The Kier molecular flexibility index (Phi) is 8.37. The van der Waals surface area contributed by atoms with E-state index in [9.17, 15) is 0 Å². The number of halogens is 1. The van der Waals surface area contributed by atoms with Crippen LogP contribution in [0, 0.1) is 23.6 Å². The fraction of sp³-hybridized carbons (Fsp3) is 0.618. The second kappa shape index (κ2) is 11.7. The summed E-state index contributed by atoms with van der Waals surface area (Å²) in [4.78, 5) is 4.65. The molecule has 2 aromatic rings. The van der Waals surface area contributed by atoms with E-state index in [1.807, 2.05) is 36.4 Å². The Morgan fingerprint density at radius 1 is 0.865 bits per heavy atom. The zero-order chi connectivity index (χ0) is 25.8. The third-order valence-electron chi connectivity index (χ3n) is 9.31. The standard InChI is InChI=1S/C34H46FNO/c1-4-5-6-7-8-9-24-10-11-28-21-29(17-16-27(28)20-24)30-18-19-31(32(35)22-30)25-12-14-26(15-13-25)33-36-34(2,3)23-37-33/h12-15,18-19,22,24,27-29H,4-11,16-17,20-21,23H2,1-3H3. The van der Waals surface area contributed by atoms with Crippen LogP contribution >= 0.6 is 0 Å². The smallest absolute Gasteiger partial charge is 0.216 e. The van der Waals surface area contributed by atoms with Crippen LogP contribution in [-0.2, 0) is 4.74 Å². The highest BCUT2D eigenvalue weighted by molar-refractivity contribution is 5.95. The van der Waals surface area contributed by atoms with Gasteiger partial charge in [-0.05, 0) is 98.9 Å². The number of nitrogens with zero attached hydrogens (tertiary/aromatic N) is 1. The molecule has 0 N–H and O–H groups in total. The van der Waals surface area contributed by atoms with Crippen molar-refractivity contribution in [1.82, 2.24) is 0 Å². The Morgan fingerprint density at radius 2 is 1.59 bits per heavy atom. The molecule has 0 aromatic heterocycles. The van der Waals surface area contributed by atoms with Crippen LogP contribution in [0.15, 0.2) is 47.5 Å². The van der Waals surface area contributed by atoms with E-state index in [0.717, 1.165) is 28.9 Å². The molecule has 0 radical (unpaired) electrons. The van der Waals surface area contributed by atoms with Gasteiger partial charge in [-0.2, -0.15) is 0 Å². The van der Waals surface area contributed by atoms with E-state index in [4.69, 9.17) is 4.74 Å². The Morgan fingerprint density at radius 3 is 2.32 bits per heavy atom. The van der Waals surface area contributed by atoms with Gasteiger partial charge in [0.2, 0.25) is 5.90 Å². The number of rotatable bonds is 9. The van der Waals surface area contributed by atoms with Gasteiger partial charge in [-0.3, -0.25) is 0 Å². The first-order valence-corrected chi connectivity index (χ1v) is 15.0. The molecule has 2 aromatic carbocycles. The van der Waals surface area contributed by atoms with Crippen LogP contribution < -0.4 is 0 Å². The SMILES string of the molecule is CCCCCCCC1CCC2CC(c3ccc(-c4ccc(C5=NC(C)(C)CO5)cc4)c(F)c3)CCC2C1. The maximum atomic E-state index is 15.3. The Hall–Kier alpha value is -2.16. The minimum atomic E-state index is -0.178. The normalized spacial score (nSPS) is 26.9. The van der Waals surface area contributed by atoms with Crippen molar-refractivity contribution in [3.8, 4) is 11.1 Å². The van der Waals surface area contributed by atoms with E-state index in [1.54, 1.807) is 0 Å². The summed E-state index contributed by atoms with van der Waals surface area (Å²) in [6.07, 6.45) is 16.5. The monoisotopic (exact) mass is 503 g/mol. The first-order chi connectivity index (χ1) is 17.9. The maximum absolute atomic E-state index is 15.3. The molecule has 4 atom stereocenters. The average molecular weight is 504 g/mol. The number of hydrogen-bond acceptors (Lipinski definition) is 2. The summed E-state index contributed by atoms with van der Waals surface area (Å²) in [5.74, 6) is 3.81. The van der Waals surface area contributed by atoms with Gasteiger partial charge in [0.1, 0.15) is 12.4 Å². The Labute approximate surface area is 224 Å². The maximum Gasteiger partial charge on any atom is 0.216 e. The summed E-state index contributed by atoms with van der Waals surface area (Å²) in [6.45, 7) is 7.03. The van der Waals surface area contributed by atoms with Gasteiger partial charge in [0.15, 0.2) is 0 Å². The molecule has 1 heterocycles. The summed E-state index contributed by atoms with van der Waals surface area (Å²) in [5, 5.41) is 0. The van der Waals surface area contributed by atoms with Crippen LogP contribution in [0.1, 0.15) is 115 Å². The topological polar surface area (TPSA) is 21.6 Å². The van der Waals surface area contributed by atoms with Crippen molar-refractivity contribution in [2.24, 2.45) is 22.7 Å². The summed E-state index contributed by atoms with van der Waals surface area (Å²) in [5.41, 5.74) is 3.56. The van der Waals surface area contributed by atoms with Crippen LogP contribution in [0.2, 0.25) is 0 Å². The summed E-state index contributed by atoms with van der Waals surface area (Å²) >= 11 is 0. The molecule has 3 heteroatoms. The highest BCUT2D eigenvalue weighted by atomic mass is 19.1. The van der Waals surface area contributed by atoms with Crippen molar-refractivity contribution >= 4 is 5.90 Å². The van der Waals surface area contributed by atoms with Gasteiger partial charge in [0, 0.05) is 11.1 Å². The molecule has 0 saturated heterocycles. The molecule has 2 aliphatic carbocycles. The molecular weight excluding hydrogens is 457 g/mol. The lowest BCUT2D eigenvalue weighted by Gasteiger charge is -2.42. The van der Waals surface area contributed by atoms with Crippen molar-refractivity contribution in [3.63, 3.8) is 0 Å². The largest absolute Gasteiger partial charge is 0.475 e. The first kappa shape index (κ1) is 26.4. The summed E-state index contributed by atoms with van der Waals surface area (Å²) < 4.78 is 21.1. The quantitative estimate of drug-likeness (QED) is 0.312. The molecule has 2 saturated carbocycles. The van der Waals surface area contributed by atoms with Gasteiger partial charge in [-0.1, -0.05) is 76.1 Å². The van der Waals surface area contributed by atoms with E-state index in [1.165, 1.54) is 82.6 Å². The van der Waals surface area contributed by atoms with Gasteiger partial charge in [0.05, 0.1) is 5.54 Å². The molecule has 0 bridgehead atoms. The minimum absolute atomic E-state index is 0.102. The third-order valence-corrected chi connectivity index (χ3v) is 9.31. The zero-order valence-corrected chi connectivity index (χ0v) is 23.3. The lowest BCUT2D eigenvalue weighted by Crippen LogP contribution is -2.30. The summed E-state index contributed by atoms with van der Waals surface area (Å²) in [6, 6.07) is 14.0. The van der Waals surface area contributed by atoms with E-state index < -0.39 is 0 Å². The van der Waals surface area contributed by atoms with Crippen LogP contribution in [0.4, 0.5) is 4.39 Å². The highest BCUT2D eigenvalue weighted by Crippen LogP contribution is 2.48. The lowest BCUT2D eigenvalue weighted by molar-refractivity contribution is 0.113. The van der Waals surface area contributed by atoms with Crippen molar-refractivity contribution in [2.45, 2.75) is 109 Å². The molecule has 37 heavy (non-hydrogen) atoms. The van der Waals surface area contributed by atoms with Crippen molar-refractivity contribution in [1.29, 1.82) is 0 Å². The molecule has 0 amide bonds. The van der Waals surface area contributed by atoms with E-state index in [0.29, 0.717) is 24.0 Å². The molecule has 4 unspecified atom stereocenters. The van der Waals surface area contributed by atoms with Crippen LogP contribution in [0.25, 0.3) is 11.1 Å². The number of unbranched alkanes of at least 4 members (excludes halogenated alkanes) is 4. The fourth-order valence-electron chi connectivity index (χ4n) is 7.13. The molecule has 200 valence electrons. The number of hydrogen-bond donors (Lipinski definition) is 0. The van der Waals surface area contributed by atoms with Crippen LogP contribution in [0.5, 0.6) is 0 Å². The van der Waals surface area contributed by atoms with E-state index >= 15 is 4.39 Å². The Bertz CT molecular complexity index is 1070. The summed E-state index contributed by atoms with van der Waals surface area (Å²) in [7, 11) is 0. The molecule has 5 rings (SSSR count).